The van der Waals surface area contributed by atoms with Gasteiger partial charge in [-0.1, -0.05) is 41.9 Å². The summed E-state index contributed by atoms with van der Waals surface area (Å²) in [6, 6.07) is 13.4. The standard InChI is InChI=1S/C21H27ClN2O4S/c1-15(20(25)23-21(2,3)14-16-9-7-6-8-10-16)24(29(5,26)27)17-11-12-19(28-4)18(22)13-17/h6-13,15H,14H2,1-5H3,(H,23,25)/t15-/m0/s1. The lowest BCUT2D eigenvalue weighted by atomic mass is 9.94. The van der Waals surface area contributed by atoms with Crippen LogP contribution in [0.1, 0.15) is 26.3 Å². The smallest absolute Gasteiger partial charge is 0.244 e. The van der Waals surface area contributed by atoms with Gasteiger partial charge in [-0.3, -0.25) is 9.10 Å². The molecule has 0 aromatic heterocycles. The Balaban J connectivity index is 2.26. The van der Waals surface area contributed by atoms with E-state index in [9.17, 15) is 13.2 Å². The van der Waals surface area contributed by atoms with E-state index >= 15 is 0 Å². The molecule has 0 radical (unpaired) electrons. The second kappa shape index (κ2) is 9.05. The molecule has 2 aromatic rings. The summed E-state index contributed by atoms with van der Waals surface area (Å²) < 4.78 is 31.1. The summed E-state index contributed by atoms with van der Waals surface area (Å²) >= 11 is 6.16. The molecule has 29 heavy (non-hydrogen) atoms. The average molecular weight is 439 g/mol. The van der Waals surface area contributed by atoms with E-state index in [1.54, 1.807) is 19.1 Å². The first-order valence-corrected chi connectivity index (χ1v) is 11.4. The minimum atomic E-state index is -3.74. The summed E-state index contributed by atoms with van der Waals surface area (Å²) in [5, 5.41) is 3.22. The van der Waals surface area contributed by atoms with Gasteiger partial charge in [0.2, 0.25) is 15.9 Å². The maximum Gasteiger partial charge on any atom is 0.244 e. The SMILES string of the molecule is COc1ccc(N([C@@H](C)C(=O)NC(C)(C)Cc2ccccc2)S(C)(=O)=O)cc1Cl. The van der Waals surface area contributed by atoms with Crippen molar-refractivity contribution in [3.05, 3.63) is 59.1 Å². The van der Waals surface area contributed by atoms with Crippen molar-refractivity contribution in [3.63, 3.8) is 0 Å². The Morgan fingerprint density at radius 3 is 2.34 bits per heavy atom. The number of rotatable bonds is 8. The minimum absolute atomic E-state index is 0.260. The first-order valence-electron chi connectivity index (χ1n) is 9.13. The maximum absolute atomic E-state index is 12.9. The van der Waals surface area contributed by atoms with Crippen LogP contribution in [0.5, 0.6) is 5.75 Å². The molecule has 2 aromatic carbocycles. The van der Waals surface area contributed by atoms with E-state index in [2.05, 4.69) is 5.32 Å². The zero-order chi connectivity index (χ0) is 21.8. The fraction of sp³-hybridized carbons (Fsp3) is 0.381. The third-order valence-electron chi connectivity index (χ3n) is 4.43. The van der Waals surface area contributed by atoms with Crippen molar-refractivity contribution in [1.82, 2.24) is 5.32 Å². The van der Waals surface area contributed by atoms with E-state index in [-0.39, 0.29) is 5.02 Å². The molecule has 1 N–H and O–H groups in total. The number of carbonyl (C=O) groups is 1. The van der Waals surface area contributed by atoms with Crippen molar-refractivity contribution in [3.8, 4) is 5.75 Å². The molecule has 0 unspecified atom stereocenters. The zero-order valence-electron chi connectivity index (χ0n) is 17.3. The molecule has 0 spiro atoms. The maximum atomic E-state index is 12.9. The lowest BCUT2D eigenvalue weighted by molar-refractivity contribution is -0.123. The number of benzene rings is 2. The summed E-state index contributed by atoms with van der Waals surface area (Å²) in [7, 11) is -2.27. The fourth-order valence-corrected chi connectivity index (χ4v) is 4.61. The van der Waals surface area contributed by atoms with Gasteiger partial charge >= 0.3 is 0 Å². The number of ether oxygens (including phenoxy) is 1. The van der Waals surface area contributed by atoms with Gasteiger partial charge in [-0.25, -0.2) is 8.42 Å². The number of nitrogens with one attached hydrogen (secondary N) is 1. The number of hydrogen-bond acceptors (Lipinski definition) is 4. The molecule has 2 rings (SSSR count). The predicted molar refractivity (Wildman–Crippen MR) is 117 cm³/mol. The molecule has 6 nitrogen and oxygen atoms in total. The molecular weight excluding hydrogens is 412 g/mol. The van der Waals surface area contributed by atoms with Gasteiger partial charge in [-0.15, -0.1) is 0 Å². The summed E-state index contributed by atoms with van der Waals surface area (Å²) in [6.07, 6.45) is 1.67. The number of nitrogens with zero attached hydrogens (tertiary/aromatic N) is 1. The summed E-state index contributed by atoms with van der Waals surface area (Å²) in [5.74, 6) is 0.0215. The number of hydrogen-bond donors (Lipinski definition) is 1. The highest BCUT2D eigenvalue weighted by atomic mass is 35.5. The van der Waals surface area contributed by atoms with Crippen molar-refractivity contribution in [2.24, 2.45) is 0 Å². The number of halogens is 1. The molecule has 0 heterocycles. The van der Waals surface area contributed by atoms with Gasteiger partial charge in [0.25, 0.3) is 0 Å². The van der Waals surface area contributed by atoms with Crippen LogP contribution in [-0.4, -0.2) is 39.3 Å². The summed E-state index contributed by atoms with van der Waals surface area (Å²) in [5.41, 5.74) is 0.808. The molecule has 8 heteroatoms. The number of methoxy groups -OCH3 is 1. The number of anilines is 1. The Bertz CT molecular complexity index is 962. The second-order valence-corrected chi connectivity index (χ2v) is 9.86. The van der Waals surface area contributed by atoms with Crippen LogP contribution >= 0.6 is 11.6 Å². The van der Waals surface area contributed by atoms with Gasteiger partial charge in [-0.05, 0) is 51.0 Å². The van der Waals surface area contributed by atoms with E-state index in [0.29, 0.717) is 17.9 Å². The lowest BCUT2D eigenvalue weighted by Crippen LogP contribution is -2.54. The third kappa shape index (κ3) is 6.11. The Hall–Kier alpha value is -2.25. The van der Waals surface area contributed by atoms with E-state index in [0.717, 1.165) is 16.1 Å². The van der Waals surface area contributed by atoms with Crippen molar-refractivity contribution in [2.45, 2.75) is 38.8 Å². The van der Waals surface area contributed by atoms with Gasteiger partial charge < -0.3 is 10.1 Å². The van der Waals surface area contributed by atoms with E-state index in [1.807, 2.05) is 44.2 Å². The van der Waals surface area contributed by atoms with Crippen LogP contribution in [0.4, 0.5) is 5.69 Å². The number of carbonyl (C=O) groups excluding carboxylic acids is 1. The quantitative estimate of drug-likeness (QED) is 0.682. The molecule has 0 fully saturated rings. The highest BCUT2D eigenvalue weighted by molar-refractivity contribution is 7.92. The summed E-state index contributed by atoms with van der Waals surface area (Å²) in [4.78, 5) is 12.9. The normalized spacial score (nSPS) is 12.9. The Kier molecular flexibility index (Phi) is 7.19. The Labute approximate surface area is 177 Å². The largest absolute Gasteiger partial charge is 0.495 e. The number of sulfonamides is 1. The third-order valence-corrected chi connectivity index (χ3v) is 5.97. The van der Waals surface area contributed by atoms with Crippen LogP contribution in [0, 0.1) is 0 Å². The molecular formula is C21H27ClN2O4S. The molecule has 0 aliphatic carbocycles. The molecule has 158 valence electrons. The Morgan fingerprint density at radius 1 is 1.21 bits per heavy atom. The molecule has 0 bridgehead atoms. The van der Waals surface area contributed by atoms with Gasteiger partial charge in [-0.2, -0.15) is 0 Å². The second-order valence-electron chi connectivity index (χ2n) is 7.59. The topological polar surface area (TPSA) is 75.7 Å². The molecule has 1 atom stereocenters. The van der Waals surface area contributed by atoms with Crippen molar-refractivity contribution in [2.75, 3.05) is 17.7 Å². The van der Waals surface area contributed by atoms with Crippen LogP contribution < -0.4 is 14.4 Å². The minimum Gasteiger partial charge on any atom is -0.495 e. The number of amides is 1. The van der Waals surface area contributed by atoms with Gasteiger partial charge in [0, 0.05) is 5.54 Å². The van der Waals surface area contributed by atoms with Crippen LogP contribution in [0.25, 0.3) is 0 Å². The van der Waals surface area contributed by atoms with Crippen LogP contribution in [0.15, 0.2) is 48.5 Å². The van der Waals surface area contributed by atoms with Crippen molar-refractivity contribution >= 4 is 33.2 Å². The van der Waals surface area contributed by atoms with E-state index in [1.165, 1.54) is 13.2 Å². The zero-order valence-corrected chi connectivity index (χ0v) is 18.8. The highest BCUT2D eigenvalue weighted by Gasteiger charge is 2.32. The predicted octanol–water partition coefficient (Wildman–Crippen LogP) is 3.64. The van der Waals surface area contributed by atoms with Crippen molar-refractivity contribution < 1.29 is 17.9 Å². The highest BCUT2D eigenvalue weighted by Crippen LogP contribution is 2.31. The first kappa shape index (κ1) is 23.0. The van der Waals surface area contributed by atoms with E-state index < -0.39 is 27.5 Å². The monoisotopic (exact) mass is 438 g/mol. The van der Waals surface area contributed by atoms with Crippen LogP contribution in [-0.2, 0) is 21.2 Å². The molecule has 0 aliphatic heterocycles. The first-order chi connectivity index (χ1) is 13.4. The lowest BCUT2D eigenvalue weighted by Gasteiger charge is -2.33. The fourth-order valence-electron chi connectivity index (χ4n) is 3.19. The van der Waals surface area contributed by atoms with Crippen LogP contribution in [0.3, 0.4) is 0 Å². The molecule has 0 saturated carbocycles. The van der Waals surface area contributed by atoms with Crippen LogP contribution in [0.2, 0.25) is 5.02 Å². The molecule has 0 saturated heterocycles. The Morgan fingerprint density at radius 2 is 1.83 bits per heavy atom. The average Bonchev–Trinajstić information content (AvgIpc) is 2.60. The van der Waals surface area contributed by atoms with Gasteiger partial charge in [0.05, 0.1) is 24.1 Å². The van der Waals surface area contributed by atoms with Crippen molar-refractivity contribution in [1.29, 1.82) is 0 Å². The molecule has 0 aliphatic rings. The molecule has 1 amide bonds. The van der Waals surface area contributed by atoms with Gasteiger partial charge in [0.15, 0.2) is 0 Å². The summed E-state index contributed by atoms with van der Waals surface area (Å²) in [6.45, 7) is 5.35. The van der Waals surface area contributed by atoms with Gasteiger partial charge in [0.1, 0.15) is 11.8 Å². The van der Waals surface area contributed by atoms with E-state index in [4.69, 9.17) is 16.3 Å².